The Hall–Kier alpha value is -1.65. The average molecular weight is 163 g/mol. The SMILES string of the molecule is CCn1cnc2cnc(N)nc21. The first-order valence-corrected chi connectivity index (χ1v) is 3.74. The molecule has 0 spiro atoms. The van der Waals surface area contributed by atoms with Crippen LogP contribution in [0.1, 0.15) is 6.92 Å². The van der Waals surface area contributed by atoms with E-state index in [9.17, 15) is 0 Å². The highest BCUT2D eigenvalue weighted by Gasteiger charge is 2.02. The van der Waals surface area contributed by atoms with Crippen LogP contribution < -0.4 is 5.73 Å². The zero-order valence-electron chi connectivity index (χ0n) is 6.73. The molecule has 5 nitrogen and oxygen atoms in total. The summed E-state index contributed by atoms with van der Waals surface area (Å²) < 4.78 is 1.92. The number of hydrogen-bond acceptors (Lipinski definition) is 4. The number of anilines is 1. The minimum absolute atomic E-state index is 0.290. The third kappa shape index (κ3) is 0.903. The van der Waals surface area contributed by atoms with Crippen LogP contribution in [0.15, 0.2) is 12.5 Å². The Morgan fingerprint density at radius 3 is 3.08 bits per heavy atom. The van der Waals surface area contributed by atoms with Crippen molar-refractivity contribution in [2.75, 3.05) is 5.73 Å². The quantitative estimate of drug-likeness (QED) is 0.661. The third-order valence-electron chi connectivity index (χ3n) is 1.72. The zero-order valence-corrected chi connectivity index (χ0v) is 6.73. The summed E-state index contributed by atoms with van der Waals surface area (Å²) >= 11 is 0. The van der Waals surface area contributed by atoms with Crippen molar-refractivity contribution >= 4 is 17.1 Å². The van der Waals surface area contributed by atoms with Gasteiger partial charge in [-0.2, -0.15) is 4.98 Å². The van der Waals surface area contributed by atoms with Crippen LogP contribution in [-0.2, 0) is 6.54 Å². The lowest BCUT2D eigenvalue weighted by Crippen LogP contribution is -1.98. The highest BCUT2D eigenvalue weighted by molar-refractivity contribution is 5.70. The fourth-order valence-corrected chi connectivity index (χ4v) is 1.10. The van der Waals surface area contributed by atoms with Gasteiger partial charge in [0.1, 0.15) is 5.52 Å². The van der Waals surface area contributed by atoms with Crippen LogP contribution in [0.5, 0.6) is 0 Å². The van der Waals surface area contributed by atoms with E-state index in [1.807, 2.05) is 11.5 Å². The van der Waals surface area contributed by atoms with Crippen molar-refractivity contribution < 1.29 is 0 Å². The zero-order chi connectivity index (χ0) is 8.55. The number of hydrogen-bond donors (Lipinski definition) is 1. The molecule has 0 aromatic carbocycles. The van der Waals surface area contributed by atoms with Crippen molar-refractivity contribution in [3.8, 4) is 0 Å². The number of rotatable bonds is 1. The summed E-state index contributed by atoms with van der Waals surface area (Å²) in [5, 5.41) is 0. The topological polar surface area (TPSA) is 69.6 Å². The number of aromatic nitrogens is 4. The first kappa shape index (κ1) is 7.02. The molecule has 0 saturated carbocycles. The highest BCUT2D eigenvalue weighted by atomic mass is 15.1. The van der Waals surface area contributed by atoms with Gasteiger partial charge in [0.15, 0.2) is 5.65 Å². The number of nitrogen functional groups attached to an aromatic ring is 1. The molecule has 5 heteroatoms. The van der Waals surface area contributed by atoms with Gasteiger partial charge in [-0.25, -0.2) is 9.97 Å². The van der Waals surface area contributed by atoms with Gasteiger partial charge in [0.25, 0.3) is 0 Å². The Balaban J connectivity index is 2.75. The Morgan fingerprint density at radius 1 is 1.50 bits per heavy atom. The van der Waals surface area contributed by atoms with E-state index >= 15 is 0 Å². The summed E-state index contributed by atoms with van der Waals surface area (Å²) in [7, 11) is 0. The van der Waals surface area contributed by atoms with Gasteiger partial charge in [-0.05, 0) is 6.92 Å². The molecule has 62 valence electrons. The summed E-state index contributed by atoms with van der Waals surface area (Å²) in [6, 6.07) is 0. The van der Waals surface area contributed by atoms with Crippen LogP contribution in [0.4, 0.5) is 5.95 Å². The van der Waals surface area contributed by atoms with E-state index in [-0.39, 0.29) is 5.95 Å². The first-order chi connectivity index (χ1) is 5.81. The van der Waals surface area contributed by atoms with E-state index in [2.05, 4.69) is 15.0 Å². The number of nitrogens with zero attached hydrogens (tertiary/aromatic N) is 4. The molecule has 12 heavy (non-hydrogen) atoms. The van der Waals surface area contributed by atoms with Crippen molar-refractivity contribution in [2.24, 2.45) is 0 Å². The standard InChI is InChI=1S/C7H9N5/c1-2-12-4-10-5-3-9-7(8)11-6(5)12/h3-4H,2H2,1H3,(H2,8,9,11). The average Bonchev–Trinajstić information content (AvgIpc) is 2.46. The molecular formula is C7H9N5. The van der Waals surface area contributed by atoms with Crippen LogP contribution in [0.25, 0.3) is 11.2 Å². The van der Waals surface area contributed by atoms with Crippen LogP contribution in [0.3, 0.4) is 0 Å². The van der Waals surface area contributed by atoms with Crippen molar-refractivity contribution in [3.05, 3.63) is 12.5 Å². The smallest absolute Gasteiger partial charge is 0.222 e. The van der Waals surface area contributed by atoms with E-state index < -0.39 is 0 Å². The summed E-state index contributed by atoms with van der Waals surface area (Å²) in [5.74, 6) is 0.290. The second kappa shape index (κ2) is 2.44. The van der Waals surface area contributed by atoms with E-state index in [1.54, 1.807) is 12.5 Å². The van der Waals surface area contributed by atoms with Crippen molar-refractivity contribution in [2.45, 2.75) is 13.5 Å². The summed E-state index contributed by atoms with van der Waals surface area (Å²) in [4.78, 5) is 12.0. The van der Waals surface area contributed by atoms with E-state index in [0.29, 0.717) is 0 Å². The Labute approximate surface area is 69.3 Å². The number of aryl methyl sites for hydroxylation is 1. The molecule has 0 unspecified atom stereocenters. The molecule has 2 aromatic rings. The molecule has 0 fully saturated rings. The normalized spacial score (nSPS) is 10.8. The first-order valence-electron chi connectivity index (χ1n) is 3.74. The third-order valence-corrected chi connectivity index (χ3v) is 1.72. The Kier molecular flexibility index (Phi) is 1.43. The molecule has 2 rings (SSSR count). The summed E-state index contributed by atoms with van der Waals surface area (Å²) in [6.45, 7) is 2.87. The fourth-order valence-electron chi connectivity index (χ4n) is 1.10. The fraction of sp³-hybridized carbons (Fsp3) is 0.286. The maximum Gasteiger partial charge on any atom is 0.222 e. The minimum atomic E-state index is 0.290. The molecule has 0 aliphatic carbocycles. The van der Waals surface area contributed by atoms with Crippen molar-refractivity contribution in [3.63, 3.8) is 0 Å². The maximum absolute atomic E-state index is 5.44. The monoisotopic (exact) mass is 163 g/mol. The van der Waals surface area contributed by atoms with Gasteiger partial charge in [-0.15, -0.1) is 0 Å². The highest BCUT2D eigenvalue weighted by Crippen LogP contribution is 2.08. The lowest BCUT2D eigenvalue weighted by Gasteiger charge is -1.96. The predicted molar refractivity (Wildman–Crippen MR) is 45.4 cm³/mol. The molecule has 0 atom stereocenters. The van der Waals surface area contributed by atoms with Crippen LogP contribution in [0.2, 0.25) is 0 Å². The van der Waals surface area contributed by atoms with Crippen molar-refractivity contribution in [1.29, 1.82) is 0 Å². The number of imidazole rings is 1. The molecule has 2 N–H and O–H groups in total. The van der Waals surface area contributed by atoms with Crippen LogP contribution in [0, 0.1) is 0 Å². The molecule has 0 bridgehead atoms. The van der Waals surface area contributed by atoms with Gasteiger partial charge in [0.05, 0.1) is 12.5 Å². The van der Waals surface area contributed by atoms with Gasteiger partial charge in [0, 0.05) is 6.54 Å². The minimum Gasteiger partial charge on any atom is -0.368 e. The molecule has 0 aliphatic heterocycles. The maximum atomic E-state index is 5.44. The molecule has 0 aliphatic rings. The van der Waals surface area contributed by atoms with Crippen molar-refractivity contribution in [1.82, 2.24) is 19.5 Å². The van der Waals surface area contributed by atoms with E-state index in [1.165, 1.54) is 0 Å². The molecule has 0 amide bonds. The van der Waals surface area contributed by atoms with Gasteiger partial charge in [-0.3, -0.25) is 0 Å². The van der Waals surface area contributed by atoms with E-state index in [4.69, 9.17) is 5.73 Å². The lowest BCUT2D eigenvalue weighted by atomic mass is 10.5. The molecule has 2 aromatic heterocycles. The van der Waals surface area contributed by atoms with Gasteiger partial charge in [0.2, 0.25) is 5.95 Å². The molecular weight excluding hydrogens is 154 g/mol. The van der Waals surface area contributed by atoms with Gasteiger partial charge in [-0.1, -0.05) is 0 Å². The lowest BCUT2D eigenvalue weighted by molar-refractivity contribution is 0.778. The predicted octanol–water partition coefficient (Wildman–Crippen LogP) is 0.428. The van der Waals surface area contributed by atoms with E-state index in [0.717, 1.165) is 17.7 Å². The second-order valence-electron chi connectivity index (χ2n) is 2.47. The van der Waals surface area contributed by atoms with Gasteiger partial charge >= 0.3 is 0 Å². The molecule has 0 saturated heterocycles. The van der Waals surface area contributed by atoms with Crippen LogP contribution >= 0.6 is 0 Å². The second-order valence-corrected chi connectivity index (χ2v) is 2.47. The Bertz CT molecular complexity index is 405. The summed E-state index contributed by atoms with van der Waals surface area (Å²) in [6.07, 6.45) is 3.36. The Morgan fingerprint density at radius 2 is 2.33 bits per heavy atom. The largest absolute Gasteiger partial charge is 0.368 e. The number of fused-ring (bicyclic) bond motifs is 1. The number of nitrogens with two attached hydrogens (primary N) is 1. The summed E-state index contributed by atoms with van der Waals surface area (Å²) in [5.41, 5.74) is 7.02. The van der Waals surface area contributed by atoms with Crippen LogP contribution in [-0.4, -0.2) is 19.5 Å². The molecule has 2 heterocycles. The van der Waals surface area contributed by atoms with Gasteiger partial charge < -0.3 is 10.3 Å². The molecule has 0 radical (unpaired) electrons.